The number of aromatic hydroxyl groups is 1. The highest BCUT2D eigenvalue weighted by molar-refractivity contribution is 5.75. The van der Waals surface area contributed by atoms with Crippen LogP contribution < -0.4 is 0 Å². The van der Waals surface area contributed by atoms with Crippen LogP contribution in [0.15, 0.2) is 18.2 Å². The first-order chi connectivity index (χ1) is 6.59. The highest BCUT2D eigenvalue weighted by Gasteiger charge is 2.45. The smallest absolute Gasteiger partial charge is 0.307 e. The fourth-order valence-corrected chi connectivity index (χ4v) is 1.63. The molecule has 2 atom stereocenters. The fourth-order valence-electron chi connectivity index (χ4n) is 1.63. The molecule has 0 amide bonds. The van der Waals surface area contributed by atoms with Crippen LogP contribution in [0.25, 0.3) is 0 Å². The van der Waals surface area contributed by atoms with Crippen LogP contribution in [0.5, 0.6) is 5.75 Å². The lowest BCUT2D eigenvalue weighted by atomic mass is 10.1. The van der Waals surface area contributed by atoms with E-state index in [4.69, 9.17) is 5.11 Å². The van der Waals surface area contributed by atoms with Crippen LogP contribution in [0.3, 0.4) is 0 Å². The van der Waals surface area contributed by atoms with Crippen molar-refractivity contribution in [1.29, 1.82) is 0 Å². The van der Waals surface area contributed by atoms with E-state index in [0.29, 0.717) is 12.0 Å². The third kappa shape index (κ3) is 1.43. The summed E-state index contributed by atoms with van der Waals surface area (Å²) in [6, 6.07) is 3.60. The van der Waals surface area contributed by atoms with Gasteiger partial charge in [-0.1, -0.05) is 0 Å². The molecular formula is C10H9FO3. The van der Waals surface area contributed by atoms with Crippen LogP contribution in [0, 0.1) is 11.7 Å². The lowest BCUT2D eigenvalue weighted by molar-refractivity contribution is -0.138. The molecular weight excluding hydrogens is 187 g/mol. The molecule has 1 aliphatic rings. The van der Waals surface area contributed by atoms with Gasteiger partial charge in [-0.2, -0.15) is 0 Å². The van der Waals surface area contributed by atoms with Gasteiger partial charge in [-0.05, 0) is 24.6 Å². The number of hydrogen-bond donors (Lipinski definition) is 2. The minimum Gasteiger partial charge on any atom is -0.508 e. The van der Waals surface area contributed by atoms with Gasteiger partial charge in [0, 0.05) is 11.5 Å². The lowest BCUT2D eigenvalue weighted by Gasteiger charge is -2.02. The molecule has 0 radical (unpaired) electrons. The summed E-state index contributed by atoms with van der Waals surface area (Å²) in [4.78, 5) is 10.6. The van der Waals surface area contributed by atoms with Crippen molar-refractivity contribution in [3.8, 4) is 5.75 Å². The minimum absolute atomic E-state index is 0.0276. The van der Waals surface area contributed by atoms with Crippen LogP contribution in [0.1, 0.15) is 17.9 Å². The molecule has 74 valence electrons. The zero-order chi connectivity index (χ0) is 10.3. The summed E-state index contributed by atoms with van der Waals surface area (Å²) in [5, 5.41) is 18.1. The van der Waals surface area contributed by atoms with Crippen molar-refractivity contribution in [2.75, 3.05) is 0 Å². The van der Waals surface area contributed by atoms with Crippen LogP contribution in [0.4, 0.5) is 4.39 Å². The third-order valence-corrected chi connectivity index (χ3v) is 2.50. The number of phenolic OH excluding ortho intramolecular Hbond substituents is 1. The van der Waals surface area contributed by atoms with Crippen molar-refractivity contribution < 1.29 is 19.4 Å². The second-order valence-corrected chi connectivity index (χ2v) is 3.49. The van der Waals surface area contributed by atoms with Gasteiger partial charge in [-0.3, -0.25) is 4.79 Å². The fraction of sp³-hybridized carbons (Fsp3) is 0.300. The molecule has 2 unspecified atom stereocenters. The number of benzene rings is 1. The van der Waals surface area contributed by atoms with Crippen LogP contribution in [0.2, 0.25) is 0 Å². The molecule has 1 fully saturated rings. The van der Waals surface area contributed by atoms with Gasteiger partial charge in [0.05, 0.1) is 5.92 Å². The maximum absolute atomic E-state index is 12.8. The first kappa shape index (κ1) is 8.99. The van der Waals surface area contributed by atoms with Gasteiger partial charge in [0.25, 0.3) is 0 Å². The summed E-state index contributed by atoms with van der Waals surface area (Å²) < 4.78 is 12.8. The van der Waals surface area contributed by atoms with Crippen LogP contribution in [-0.4, -0.2) is 16.2 Å². The number of halogens is 1. The quantitative estimate of drug-likeness (QED) is 0.757. The Morgan fingerprint density at radius 1 is 1.50 bits per heavy atom. The molecule has 2 N–H and O–H groups in total. The van der Waals surface area contributed by atoms with Gasteiger partial charge in [-0.25, -0.2) is 4.39 Å². The summed E-state index contributed by atoms with van der Waals surface area (Å²) in [6.07, 6.45) is 0.479. The Kier molecular flexibility index (Phi) is 1.91. The van der Waals surface area contributed by atoms with Crippen molar-refractivity contribution in [3.63, 3.8) is 0 Å². The lowest BCUT2D eigenvalue weighted by Crippen LogP contribution is -1.99. The number of rotatable bonds is 2. The van der Waals surface area contributed by atoms with Gasteiger partial charge >= 0.3 is 5.97 Å². The standard InChI is InChI=1S/C10H9FO3/c11-5-1-2-9(12)7(3-5)6-4-8(6)10(13)14/h1-3,6,8,12H,4H2,(H,13,14). The zero-order valence-electron chi connectivity index (χ0n) is 7.27. The van der Waals surface area contributed by atoms with Crippen LogP contribution in [-0.2, 0) is 4.79 Å². The van der Waals surface area contributed by atoms with E-state index in [-0.39, 0.29) is 11.7 Å². The maximum Gasteiger partial charge on any atom is 0.307 e. The summed E-state index contributed by atoms with van der Waals surface area (Å²) >= 11 is 0. The molecule has 1 aromatic rings. The third-order valence-electron chi connectivity index (χ3n) is 2.50. The van der Waals surface area contributed by atoms with E-state index in [1.54, 1.807) is 0 Å². The Balaban J connectivity index is 2.26. The molecule has 0 aromatic heterocycles. The number of carbonyl (C=O) groups is 1. The van der Waals surface area contributed by atoms with E-state index >= 15 is 0 Å². The van der Waals surface area contributed by atoms with E-state index in [2.05, 4.69) is 0 Å². The van der Waals surface area contributed by atoms with Gasteiger partial charge < -0.3 is 10.2 Å². The average Bonchev–Trinajstić information content (AvgIpc) is 2.88. The second kappa shape index (κ2) is 2.97. The van der Waals surface area contributed by atoms with E-state index in [9.17, 15) is 14.3 Å². The number of hydrogen-bond acceptors (Lipinski definition) is 2. The maximum atomic E-state index is 12.8. The predicted molar refractivity (Wildman–Crippen MR) is 46.5 cm³/mol. The highest BCUT2D eigenvalue weighted by atomic mass is 19.1. The molecule has 0 bridgehead atoms. The van der Waals surface area contributed by atoms with E-state index in [1.165, 1.54) is 12.1 Å². The van der Waals surface area contributed by atoms with Gasteiger partial charge in [-0.15, -0.1) is 0 Å². The number of aliphatic carboxylic acids is 1. The van der Waals surface area contributed by atoms with Gasteiger partial charge in [0.1, 0.15) is 11.6 Å². The monoisotopic (exact) mass is 196 g/mol. The normalized spacial score (nSPS) is 24.6. The van der Waals surface area contributed by atoms with Crippen molar-refractivity contribution in [2.45, 2.75) is 12.3 Å². The Bertz CT molecular complexity index is 389. The highest BCUT2D eigenvalue weighted by Crippen LogP contribution is 2.50. The minimum atomic E-state index is -0.890. The Morgan fingerprint density at radius 3 is 2.79 bits per heavy atom. The molecule has 4 heteroatoms. The van der Waals surface area contributed by atoms with E-state index in [1.807, 2.05) is 0 Å². The van der Waals surface area contributed by atoms with E-state index in [0.717, 1.165) is 6.07 Å². The molecule has 1 saturated carbocycles. The zero-order valence-corrected chi connectivity index (χ0v) is 7.27. The Labute approximate surface area is 79.8 Å². The predicted octanol–water partition coefficient (Wildman–Crippen LogP) is 1.72. The first-order valence-corrected chi connectivity index (χ1v) is 4.31. The summed E-state index contributed by atoms with van der Waals surface area (Å²) in [7, 11) is 0. The number of carboxylic acids is 1. The van der Waals surface area contributed by atoms with Crippen molar-refractivity contribution in [3.05, 3.63) is 29.6 Å². The molecule has 0 saturated heterocycles. The van der Waals surface area contributed by atoms with Crippen molar-refractivity contribution >= 4 is 5.97 Å². The Morgan fingerprint density at radius 2 is 2.21 bits per heavy atom. The summed E-state index contributed by atoms with van der Waals surface area (Å²) in [6.45, 7) is 0. The SMILES string of the molecule is O=C(O)C1CC1c1cc(F)ccc1O. The first-order valence-electron chi connectivity index (χ1n) is 4.31. The molecule has 0 aliphatic heterocycles. The molecule has 14 heavy (non-hydrogen) atoms. The Hall–Kier alpha value is -1.58. The molecule has 1 aromatic carbocycles. The van der Waals surface area contributed by atoms with Gasteiger partial charge in [0.15, 0.2) is 0 Å². The summed E-state index contributed by atoms with van der Waals surface area (Å²) in [5.41, 5.74) is 0.400. The number of carboxylic acid groups (broad SMARTS) is 1. The summed E-state index contributed by atoms with van der Waals surface area (Å²) in [5.74, 6) is -2.07. The molecule has 2 rings (SSSR count). The molecule has 0 heterocycles. The number of phenols is 1. The second-order valence-electron chi connectivity index (χ2n) is 3.49. The van der Waals surface area contributed by atoms with Gasteiger partial charge in [0.2, 0.25) is 0 Å². The topological polar surface area (TPSA) is 57.5 Å². The molecule has 0 spiro atoms. The molecule has 1 aliphatic carbocycles. The molecule has 3 nitrogen and oxygen atoms in total. The van der Waals surface area contributed by atoms with Crippen molar-refractivity contribution in [2.24, 2.45) is 5.92 Å². The average molecular weight is 196 g/mol. The van der Waals surface area contributed by atoms with E-state index < -0.39 is 17.7 Å². The van der Waals surface area contributed by atoms with Crippen molar-refractivity contribution in [1.82, 2.24) is 0 Å². The largest absolute Gasteiger partial charge is 0.508 e. The van der Waals surface area contributed by atoms with Crippen LogP contribution >= 0.6 is 0 Å².